The molecular formula is C10H12O2. The minimum absolute atomic E-state index is 0.0728. The minimum Gasteiger partial charge on any atom is -0.384 e. The van der Waals surface area contributed by atoms with Crippen LogP contribution in [0.1, 0.15) is 12.8 Å². The molecule has 2 atom stereocenters. The van der Waals surface area contributed by atoms with E-state index in [1.54, 1.807) is 0 Å². The fourth-order valence-corrected chi connectivity index (χ4v) is 1.20. The van der Waals surface area contributed by atoms with Crippen molar-refractivity contribution in [3.8, 4) is 23.7 Å². The fourth-order valence-electron chi connectivity index (χ4n) is 1.20. The topological polar surface area (TPSA) is 40.5 Å². The Morgan fingerprint density at radius 2 is 1.33 bits per heavy atom. The molecule has 1 rings (SSSR count). The van der Waals surface area contributed by atoms with Gasteiger partial charge in [-0.05, 0) is 12.8 Å². The summed E-state index contributed by atoms with van der Waals surface area (Å²) >= 11 is 0. The SMILES string of the molecule is OCC#C[C@@H]1CC[C@@H]1C#CCO. The van der Waals surface area contributed by atoms with Crippen molar-refractivity contribution in [2.75, 3.05) is 13.2 Å². The largest absolute Gasteiger partial charge is 0.384 e. The van der Waals surface area contributed by atoms with E-state index in [2.05, 4.69) is 23.7 Å². The highest BCUT2D eigenvalue weighted by Crippen LogP contribution is 2.32. The maximum Gasteiger partial charge on any atom is 0.104 e. The lowest BCUT2D eigenvalue weighted by atomic mass is 9.74. The van der Waals surface area contributed by atoms with Crippen LogP contribution >= 0.6 is 0 Å². The monoisotopic (exact) mass is 164 g/mol. The lowest BCUT2D eigenvalue weighted by molar-refractivity contribution is 0.305. The smallest absolute Gasteiger partial charge is 0.104 e. The number of aliphatic hydroxyl groups is 2. The van der Waals surface area contributed by atoms with Gasteiger partial charge in [0.25, 0.3) is 0 Å². The molecule has 0 saturated heterocycles. The molecule has 0 amide bonds. The molecule has 0 radical (unpaired) electrons. The summed E-state index contributed by atoms with van der Waals surface area (Å²) < 4.78 is 0. The van der Waals surface area contributed by atoms with E-state index >= 15 is 0 Å². The Labute approximate surface area is 72.6 Å². The second-order valence-electron chi connectivity index (χ2n) is 2.75. The first kappa shape index (κ1) is 9.13. The standard InChI is InChI=1S/C10H12O2/c11-7-1-3-9-5-6-10(9)4-2-8-12/h9-12H,5-8H2/t9-,10+. The first-order chi connectivity index (χ1) is 5.88. The van der Waals surface area contributed by atoms with Gasteiger partial charge in [0.05, 0.1) is 0 Å². The van der Waals surface area contributed by atoms with Crippen molar-refractivity contribution in [2.24, 2.45) is 11.8 Å². The highest BCUT2D eigenvalue weighted by Gasteiger charge is 2.27. The van der Waals surface area contributed by atoms with Crippen LogP contribution in [0.2, 0.25) is 0 Å². The van der Waals surface area contributed by atoms with E-state index in [0.717, 1.165) is 12.8 Å². The maximum absolute atomic E-state index is 8.45. The van der Waals surface area contributed by atoms with Crippen LogP contribution in [-0.2, 0) is 0 Å². The van der Waals surface area contributed by atoms with Gasteiger partial charge in [-0.25, -0.2) is 0 Å². The van der Waals surface area contributed by atoms with Crippen molar-refractivity contribution >= 4 is 0 Å². The molecule has 1 aliphatic rings. The zero-order valence-corrected chi connectivity index (χ0v) is 6.88. The van der Waals surface area contributed by atoms with Gasteiger partial charge in [-0.1, -0.05) is 23.7 Å². The normalized spacial score (nSPS) is 25.8. The Bertz CT molecular complexity index is 220. The lowest BCUT2D eigenvalue weighted by Crippen LogP contribution is -2.22. The van der Waals surface area contributed by atoms with Crippen LogP contribution in [-0.4, -0.2) is 23.4 Å². The van der Waals surface area contributed by atoms with Crippen molar-refractivity contribution in [1.29, 1.82) is 0 Å². The number of hydrogen-bond acceptors (Lipinski definition) is 2. The van der Waals surface area contributed by atoms with Crippen LogP contribution in [0.3, 0.4) is 0 Å². The zero-order chi connectivity index (χ0) is 8.81. The van der Waals surface area contributed by atoms with Crippen LogP contribution in [0.5, 0.6) is 0 Å². The molecule has 2 nitrogen and oxygen atoms in total. The summed E-state index contributed by atoms with van der Waals surface area (Å²) in [5, 5.41) is 16.9. The predicted octanol–water partition coefficient (Wildman–Crippen LogP) is 0.00400. The second kappa shape index (κ2) is 4.83. The summed E-state index contributed by atoms with van der Waals surface area (Å²) in [4.78, 5) is 0. The van der Waals surface area contributed by atoms with Gasteiger partial charge in [-0.3, -0.25) is 0 Å². The van der Waals surface area contributed by atoms with Crippen LogP contribution in [0.25, 0.3) is 0 Å². The molecule has 2 heteroatoms. The summed E-state index contributed by atoms with van der Waals surface area (Å²) in [5.41, 5.74) is 0. The summed E-state index contributed by atoms with van der Waals surface area (Å²) in [5.74, 6) is 11.8. The first-order valence-corrected chi connectivity index (χ1v) is 4.07. The molecule has 0 bridgehead atoms. The molecule has 12 heavy (non-hydrogen) atoms. The predicted molar refractivity (Wildman–Crippen MR) is 45.9 cm³/mol. The quantitative estimate of drug-likeness (QED) is 0.495. The highest BCUT2D eigenvalue weighted by atomic mass is 16.3. The molecule has 1 fully saturated rings. The Morgan fingerprint density at radius 1 is 0.917 bits per heavy atom. The van der Waals surface area contributed by atoms with E-state index in [1.807, 2.05) is 0 Å². The molecule has 1 saturated carbocycles. The van der Waals surface area contributed by atoms with E-state index in [4.69, 9.17) is 10.2 Å². The van der Waals surface area contributed by atoms with E-state index < -0.39 is 0 Å². The maximum atomic E-state index is 8.45. The van der Waals surface area contributed by atoms with Gasteiger partial charge in [0.2, 0.25) is 0 Å². The number of aliphatic hydroxyl groups excluding tert-OH is 2. The summed E-state index contributed by atoms with van der Waals surface area (Å²) in [6, 6.07) is 0. The molecule has 0 unspecified atom stereocenters. The molecule has 0 aromatic carbocycles. The summed E-state index contributed by atoms with van der Waals surface area (Å²) in [6.07, 6.45) is 2.13. The number of hydrogen-bond donors (Lipinski definition) is 2. The molecule has 1 aliphatic carbocycles. The molecule has 0 aromatic heterocycles. The lowest BCUT2D eigenvalue weighted by Gasteiger charge is -2.28. The Hall–Kier alpha value is -0.960. The average molecular weight is 164 g/mol. The number of rotatable bonds is 0. The molecule has 0 spiro atoms. The van der Waals surface area contributed by atoms with Crippen LogP contribution in [0.4, 0.5) is 0 Å². The van der Waals surface area contributed by atoms with Crippen molar-refractivity contribution in [2.45, 2.75) is 12.8 Å². The van der Waals surface area contributed by atoms with Gasteiger partial charge in [0.15, 0.2) is 0 Å². The summed E-state index contributed by atoms with van der Waals surface area (Å²) in [6.45, 7) is -0.146. The van der Waals surface area contributed by atoms with E-state index in [-0.39, 0.29) is 13.2 Å². The van der Waals surface area contributed by atoms with Crippen molar-refractivity contribution < 1.29 is 10.2 Å². The minimum atomic E-state index is -0.0728. The first-order valence-electron chi connectivity index (χ1n) is 4.07. The average Bonchev–Trinajstić information content (AvgIpc) is 2.04. The van der Waals surface area contributed by atoms with Gasteiger partial charge in [-0.2, -0.15) is 0 Å². The van der Waals surface area contributed by atoms with Gasteiger partial charge < -0.3 is 10.2 Å². The molecule has 64 valence electrons. The Kier molecular flexibility index (Phi) is 3.67. The van der Waals surface area contributed by atoms with Crippen molar-refractivity contribution in [3.63, 3.8) is 0 Å². The van der Waals surface area contributed by atoms with Gasteiger partial charge in [0, 0.05) is 11.8 Å². The van der Waals surface area contributed by atoms with E-state index in [0.29, 0.717) is 11.8 Å². The van der Waals surface area contributed by atoms with Gasteiger partial charge >= 0.3 is 0 Å². The molecule has 0 aromatic rings. The van der Waals surface area contributed by atoms with E-state index in [1.165, 1.54) is 0 Å². The second-order valence-corrected chi connectivity index (χ2v) is 2.75. The van der Waals surface area contributed by atoms with Crippen LogP contribution < -0.4 is 0 Å². The van der Waals surface area contributed by atoms with E-state index in [9.17, 15) is 0 Å². The summed E-state index contributed by atoms with van der Waals surface area (Å²) in [7, 11) is 0. The Morgan fingerprint density at radius 3 is 1.58 bits per heavy atom. The molecule has 0 aliphatic heterocycles. The molecule has 2 N–H and O–H groups in total. The third kappa shape index (κ3) is 2.27. The van der Waals surface area contributed by atoms with Crippen molar-refractivity contribution in [3.05, 3.63) is 0 Å². The molecule has 0 heterocycles. The molecular weight excluding hydrogens is 152 g/mol. The Balaban J connectivity index is 2.38. The zero-order valence-electron chi connectivity index (χ0n) is 6.88. The third-order valence-electron chi connectivity index (χ3n) is 2.01. The van der Waals surface area contributed by atoms with Gasteiger partial charge in [-0.15, -0.1) is 0 Å². The van der Waals surface area contributed by atoms with Crippen LogP contribution in [0.15, 0.2) is 0 Å². The van der Waals surface area contributed by atoms with Crippen molar-refractivity contribution in [1.82, 2.24) is 0 Å². The highest BCUT2D eigenvalue weighted by molar-refractivity contribution is 5.18. The third-order valence-corrected chi connectivity index (χ3v) is 2.01. The fraction of sp³-hybridized carbons (Fsp3) is 0.600. The van der Waals surface area contributed by atoms with Crippen LogP contribution in [0, 0.1) is 35.5 Å². The van der Waals surface area contributed by atoms with Gasteiger partial charge in [0.1, 0.15) is 13.2 Å².